The van der Waals surface area contributed by atoms with Crippen LogP contribution in [0, 0.1) is 5.92 Å². The molecule has 4 unspecified atom stereocenters. The van der Waals surface area contributed by atoms with Crippen molar-refractivity contribution in [3.05, 3.63) is 35.9 Å². The van der Waals surface area contributed by atoms with Crippen molar-refractivity contribution in [1.29, 1.82) is 0 Å². The molecule has 0 saturated carbocycles. The van der Waals surface area contributed by atoms with Gasteiger partial charge in [0.25, 0.3) is 0 Å². The number of thioether (sulfide) groups is 1. The molecule has 0 fully saturated rings. The van der Waals surface area contributed by atoms with Gasteiger partial charge in [-0.3, -0.25) is 19.2 Å². The van der Waals surface area contributed by atoms with Gasteiger partial charge < -0.3 is 31.9 Å². The fourth-order valence-electron chi connectivity index (χ4n) is 3.36. The molecular formula is C24H36N4O7S. The minimum atomic E-state index is -1.53. The first-order valence-corrected chi connectivity index (χ1v) is 13.0. The summed E-state index contributed by atoms with van der Waals surface area (Å²) in [5.74, 6) is -4.46. The predicted octanol–water partition coefficient (Wildman–Crippen LogP) is 0.369. The van der Waals surface area contributed by atoms with Crippen molar-refractivity contribution in [2.75, 3.05) is 12.0 Å². The average molecular weight is 525 g/mol. The molecule has 1 aromatic rings. The van der Waals surface area contributed by atoms with Crippen molar-refractivity contribution < 1.29 is 34.2 Å². The molecule has 36 heavy (non-hydrogen) atoms. The summed E-state index contributed by atoms with van der Waals surface area (Å²) in [6.45, 7) is 3.67. The second kappa shape index (κ2) is 15.8. The summed E-state index contributed by atoms with van der Waals surface area (Å²) in [6.07, 6.45) is 1.61. The van der Waals surface area contributed by atoms with Crippen molar-refractivity contribution in [2.45, 2.75) is 63.7 Å². The summed E-state index contributed by atoms with van der Waals surface area (Å²) < 4.78 is 0. The second-order valence-corrected chi connectivity index (χ2v) is 9.81. The van der Waals surface area contributed by atoms with E-state index in [1.807, 2.05) is 44.2 Å². The number of nitrogens with one attached hydrogen (secondary N) is 3. The third-order valence-electron chi connectivity index (χ3n) is 5.21. The van der Waals surface area contributed by atoms with Gasteiger partial charge in [-0.05, 0) is 42.8 Å². The molecule has 7 N–H and O–H groups in total. The zero-order valence-electron chi connectivity index (χ0n) is 20.7. The lowest BCUT2D eigenvalue weighted by molar-refractivity contribution is -0.143. The van der Waals surface area contributed by atoms with Crippen LogP contribution in [-0.4, -0.2) is 76.0 Å². The first-order chi connectivity index (χ1) is 16.9. The monoisotopic (exact) mass is 524 g/mol. The van der Waals surface area contributed by atoms with Crippen LogP contribution >= 0.6 is 11.8 Å². The van der Waals surface area contributed by atoms with Crippen LogP contribution in [0.1, 0.15) is 38.7 Å². The van der Waals surface area contributed by atoms with Crippen LogP contribution in [0.25, 0.3) is 0 Å². The molecule has 0 saturated heterocycles. The van der Waals surface area contributed by atoms with E-state index in [9.17, 15) is 34.2 Å². The molecule has 11 nitrogen and oxygen atoms in total. The summed E-state index contributed by atoms with van der Waals surface area (Å²) in [7, 11) is 0. The number of carbonyl (C=O) groups excluding carboxylic acids is 3. The van der Waals surface area contributed by atoms with Gasteiger partial charge >= 0.3 is 11.9 Å². The maximum Gasteiger partial charge on any atom is 0.326 e. The average Bonchev–Trinajstić information content (AvgIpc) is 2.80. The SMILES string of the molecule is CSCCC(NC(=O)C(CC(=O)O)NC(=O)C(CC(C)C)NC(=O)C(N)Cc1ccccc1)C(=O)O. The van der Waals surface area contributed by atoms with E-state index in [0.29, 0.717) is 5.75 Å². The normalized spacial score (nSPS) is 14.2. The van der Waals surface area contributed by atoms with E-state index in [1.54, 1.807) is 6.26 Å². The van der Waals surface area contributed by atoms with Crippen LogP contribution in [0.3, 0.4) is 0 Å². The molecule has 0 spiro atoms. The summed E-state index contributed by atoms with van der Waals surface area (Å²) in [5.41, 5.74) is 6.87. The Morgan fingerprint density at radius 2 is 1.44 bits per heavy atom. The van der Waals surface area contributed by atoms with Crippen LogP contribution in [0.2, 0.25) is 0 Å². The second-order valence-electron chi connectivity index (χ2n) is 8.83. The fraction of sp³-hybridized carbons (Fsp3) is 0.542. The number of hydrogen-bond acceptors (Lipinski definition) is 7. The molecule has 0 heterocycles. The van der Waals surface area contributed by atoms with E-state index in [-0.39, 0.29) is 25.2 Å². The maximum atomic E-state index is 13.0. The van der Waals surface area contributed by atoms with E-state index >= 15 is 0 Å². The molecule has 12 heteroatoms. The van der Waals surface area contributed by atoms with Crippen molar-refractivity contribution in [1.82, 2.24) is 16.0 Å². The highest BCUT2D eigenvalue weighted by Crippen LogP contribution is 2.09. The van der Waals surface area contributed by atoms with Gasteiger partial charge in [-0.1, -0.05) is 44.2 Å². The van der Waals surface area contributed by atoms with Gasteiger partial charge in [0.05, 0.1) is 12.5 Å². The molecular weight excluding hydrogens is 488 g/mol. The summed E-state index contributed by atoms with van der Waals surface area (Å²) >= 11 is 1.39. The Labute approximate surface area is 215 Å². The van der Waals surface area contributed by atoms with E-state index in [1.165, 1.54) is 11.8 Å². The molecule has 3 amide bonds. The Morgan fingerprint density at radius 1 is 0.889 bits per heavy atom. The van der Waals surface area contributed by atoms with Gasteiger partial charge in [0, 0.05) is 0 Å². The lowest BCUT2D eigenvalue weighted by Crippen LogP contribution is -2.57. The van der Waals surface area contributed by atoms with Gasteiger partial charge in [-0.2, -0.15) is 11.8 Å². The Balaban J connectivity index is 2.95. The maximum absolute atomic E-state index is 13.0. The number of aliphatic carboxylic acids is 2. The Hall–Kier alpha value is -3.12. The van der Waals surface area contributed by atoms with Crippen LogP contribution in [0.4, 0.5) is 0 Å². The summed E-state index contributed by atoms with van der Waals surface area (Å²) in [6, 6.07) is 4.35. The molecule has 0 aliphatic carbocycles. The standard InChI is InChI=1S/C24H36N4O7S/c1-14(2)11-18(27-21(31)16(25)12-15-7-5-4-6-8-15)22(32)28-19(13-20(29)30)23(33)26-17(24(34)35)9-10-36-3/h4-8,14,16-19H,9-13,25H2,1-3H3,(H,26,33)(H,27,31)(H,28,32)(H,29,30)(H,34,35). The van der Waals surface area contributed by atoms with E-state index in [0.717, 1.165) is 5.56 Å². The van der Waals surface area contributed by atoms with Gasteiger partial charge in [-0.15, -0.1) is 0 Å². The number of rotatable bonds is 16. The number of benzene rings is 1. The highest BCUT2D eigenvalue weighted by molar-refractivity contribution is 7.98. The van der Waals surface area contributed by atoms with Crippen molar-refractivity contribution >= 4 is 41.4 Å². The smallest absolute Gasteiger partial charge is 0.326 e. The summed E-state index contributed by atoms with van der Waals surface area (Å²) in [5, 5.41) is 25.8. The zero-order valence-corrected chi connectivity index (χ0v) is 21.5. The Kier molecular flexibility index (Phi) is 13.6. The van der Waals surface area contributed by atoms with E-state index < -0.39 is 60.2 Å². The third kappa shape index (κ3) is 11.5. The zero-order chi connectivity index (χ0) is 27.3. The first kappa shape index (κ1) is 30.9. The minimum Gasteiger partial charge on any atom is -0.481 e. The van der Waals surface area contributed by atoms with Crippen LogP contribution in [0.5, 0.6) is 0 Å². The summed E-state index contributed by atoms with van der Waals surface area (Å²) in [4.78, 5) is 61.2. The van der Waals surface area contributed by atoms with Gasteiger partial charge in [0.1, 0.15) is 18.1 Å². The van der Waals surface area contributed by atoms with Gasteiger partial charge in [0.2, 0.25) is 17.7 Å². The molecule has 0 aromatic heterocycles. The largest absolute Gasteiger partial charge is 0.481 e. The Morgan fingerprint density at radius 3 is 1.97 bits per heavy atom. The van der Waals surface area contributed by atoms with Crippen LogP contribution in [0.15, 0.2) is 30.3 Å². The quantitative estimate of drug-likeness (QED) is 0.177. The number of amides is 3. The number of nitrogens with two attached hydrogens (primary N) is 1. The molecule has 0 aliphatic rings. The number of carboxylic acids is 2. The van der Waals surface area contributed by atoms with Gasteiger partial charge in [0.15, 0.2) is 0 Å². The Bertz CT molecular complexity index is 898. The third-order valence-corrected chi connectivity index (χ3v) is 5.86. The van der Waals surface area contributed by atoms with Crippen LogP contribution < -0.4 is 21.7 Å². The molecule has 0 aliphatic heterocycles. The molecule has 0 radical (unpaired) electrons. The highest BCUT2D eigenvalue weighted by atomic mass is 32.2. The molecule has 1 rings (SSSR count). The molecule has 4 atom stereocenters. The molecule has 200 valence electrons. The van der Waals surface area contributed by atoms with Crippen molar-refractivity contribution in [2.24, 2.45) is 11.7 Å². The topological polar surface area (TPSA) is 188 Å². The minimum absolute atomic E-state index is 0.0268. The van der Waals surface area contributed by atoms with E-state index in [4.69, 9.17) is 5.73 Å². The van der Waals surface area contributed by atoms with Gasteiger partial charge in [-0.25, -0.2) is 4.79 Å². The van der Waals surface area contributed by atoms with Crippen molar-refractivity contribution in [3.63, 3.8) is 0 Å². The van der Waals surface area contributed by atoms with Crippen LogP contribution in [-0.2, 0) is 30.4 Å². The first-order valence-electron chi connectivity index (χ1n) is 11.6. The number of carbonyl (C=O) groups is 5. The number of hydrogen-bond donors (Lipinski definition) is 6. The lowest BCUT2D eigenvalue weighted by atomic mass is 10.0. The number of carboxylic acid groups (broad SMARTS) is 2. The lowest BCUT2D eigenvalue weighted by Gasteiger charge is -2.25. The highest BCUT2D eigenvalue weighted by Gasteiger charge is 2.31. The predicted molar refractivity (Wildman–Crippen MR) is 136 cm³/mol. The molecule has 0 bridgehead atoms. The van der Waals surface area contributed by atoms with Crippen molar-refractivity contribution in [3.8, 4) is 0 Å². The fourth-order valence-corrected chi connectivity index (χ4v) is 3.84. The van der Waals surface area contributed by atoms with E-state index in [2.05, 4.69) is 16.0 Å². The molecule has 1 aromatic carbocycles.